The predicted molar refractivity (Wildman–Crippen MR) is 66.6 cm³/mol. The third kappa shape index (κ3) is 2.47. The maximum absolute atomic E-state index is 12.3. The number of aliphatic carboxylic acids is 1. The number of carbonyl (C=O) groups is 2. The maximum Gasteiger partial charge on any atom is 0.308 e. The molecule has 1 aromatic rings. The van der Waals surface area contributed by atoms with Gasteiger partial charge in [0.25, 0.3) is 5.91 Å². The van der Waals surface area contributed by atoms with Crippen LogP contribution in [0.1, 0.15) is 30.1 Å². The zero-order valence-corrected chi connectivity index (χ0v) is 11.3. The monoisotopic (exact) mass is 266 g/mol. The summed E-state index contributed by atoms with van der Waals surface area (Å²) >= 11 is 0. The van der Waals surface area contributed by atoms with Gasteiger partial charge in [0.2, 0.25) is 5.76 Å². The molecule has 1 saturated heterocycles. The third-order valence-electron chi connectivity index (χ3n) is 3.77. The lowest BCUT2D eigenvalue weighted by molar-refractivity contribution is -0.142. The van der Waals surface area contributed by atoms with Crippen LogP contribution in [0.3, 0.4) is 0 Å². The zero-order chi connectivity index (χ0) is 14.2. The molecule has 1 aliphatic rings. The number of oxazole rings is 1. The van der Waals surface area contributed by atoms with Crippen LogP contribution in [0, 0.1) is 24.7 Å². The Labute approximate surface area is 111 Å². The van der Waals surface area contributed by atoms with E-state index in [9.17, 15) is 14.7 Å². The highest BCUT2D eigenvalue weighted by Gasteiger charge is 2.42. The molecule has 104 valence electrons. The molecule has 2 rings (SSSR count). The number of nitrogens with zero attached hydrogens (tertiary/aromatic N) is 2. The van der Waals surface area contributed by atoms with E-state index in [1.807, 2.05) is 13.8 Å². The Kier molecular flexibility index (Phi) is 3.59. The van der Waals surface area contributed by atoms with E-state index in [0.717, 1.165) is 0 Å². The standard InChI is InChI=1S/C13H18N2O4/c1-7(2)9-4-15(5-10(9)13(17)18)12(16)11-8(3)14-6-19-11/h6-7,9-10H,4-5H2,1-3H3,(H,17,18)/t9-,10+/m0/s1. The van der Waals surface area contributed by atoms with Gasteiger partial charge in [0, 0.05) is 13.1 Å². The van der Waals surface area contributed by atoms with E-state index in [1.54, 1.807) is 11.8 Å². The van der Waals surface area contributed by atoms with Crippen molar-refractivity contribution in [1.29, 1.82) is 0 Å². The summed E-state index contributed by atoms with van der Waals surface area (Å²) in [6.07, 6.45) is 1.23. The fourth-order valence-corrected chi connectivity index (χ4v) is 2.58. The van der Waals surface area contributed by atoms with Crippen molar-refractivity contribution in [3.05, 3.63) is 17.8 Å². The van der Waals surface area contributed by atoms with Crippen molar-refractivity contribution in [3.8, 4) is 0 Å². The molecule has 1 N–H and O–H groups in total. The van der Waals surface area contributed by atoms with Gasteiger partial charge < -0.3 is 14.4 Å². The van der Waals surface area contributed by atoms with Gasteiger partial charge in [-0.05, 0) is 18.8 Å². The minimum Gasteiger partial charge on any atom is -0.481 e. The van der Waals surface area contributed by atoms with Crippen molar-refractivity contribution in [3.63, 3.8) is 0 Å². The summed E-state index contributed by atoms with van der Waals surface area (Å²) in [5.74, 6) is -1.23. The van der Waals surface area contributed by atoms with E-state index in [1.165, 1.54) is 6.39 Å². The summed E-state index contributed by atoms with van der Waals surface area (Å²) in [6, 6.07) is 0. The molecule has 0 spiro atoms. The molecule has 1 amide bonds. The molecule has 0 aromatic carbocycles. The Bertz CT molecular complexity index is 495. The van der Waals surface area contributed by atoms with Gasteiger partial charge in [-0.3, -0.25) is 9.59 Å². The average molecular weight is 266 g/mol. The number of hydrogen-bond donors (Lipinski definition) is 1. The molecule has 2 atom stereocenters. The first-order valence-electron chi connectivity index (χ1n) is 6.34. The maximum atomic E-state index is 12.3. The second-order valence-corrected chi connectivity index (χ2v) is 5.33. The van der Waals surface area contributed by atoms with Gasteiger partial charge in [0.15, 0.2) is 6.39 Å². The molecular formula is C13H18N2O4. The SMILES string of the molecule is Cc1ncoc1C(=O)N1C[C@@H](C(=O)O)[C@H](C(C)C)C1. The number of carbonyl (C=O) groups excluding carboxylic acids is 1. The van der Waals surface area contributed by atoms with Crippen LogP contribution in [-0.4, -0.2) is 40.0 Å². The highest BCUT2D eigenvalue weighted by Crippen LogP contribution is 2.31. The number of aromatic nitrogens is 1. The van der Waals surface area contributed by atoms with Crippen LogP contribution in [-0.2, 0) is 4.79 Å². The lowest BCUT2D eigenvalue weighted by atomic mass is 9.86. The van der Waals surface area contributed by atoms with E-state index in [-0.39, 0.29) is 30.0 Å². The van der Waals surface area contributed by atoms with Crippen molar-refractivity contribution < 1.29 is 19.1 Å². The summed E-state index contributed by atoms with van der Waals surface area (Å²) < 4.78 is 5.08. The van der Waals surface area contributed by atoms with Gasteiger partial charge in [0.1, 0.15) is 0 Å². The Morgan fingerprint density at radius 2 is 2.16 bits per heavy atom. The molecule has 0 radical (unpaired) electrons. The van der Waals surface area contributed by atoms with Crippen LogP contribution in [0.2, 0.25) is 0 Å². The lowest BCUT2D eigenvalue weighted by Crippen LogP contribution is -2.30. The molecule has 6 nitrogen and oxygen atoms in total. The molecule has 1 fully saturated rings. The molecule has 1 aromatic heterocycles. The quantitative estimate of drug-likeness (QED) is 0.894. The number of carboxylic acids is 1. The highest BCUT2D eigenvalue weighted by atomic mass is 16.4. The van der Waals surface area contributed by atoms with Crippen LogP contribution in [0.5, 0.6) is 0 Å². The minimum atomic E-state index is -0.844. The summed E-state index contributed by atoms with van der Waals surface area (Å²) in [7, 11) is 0. The van der Waals surface area contributed by atoms with Gasteiger partial charge in [-0.15, -0.1) is 0 Å². The Balaban J connectivity index is 2.18. The van der Waals surface area contributed by atoms with Gasteiger partial charge in [-0.25, -0.2) is 4.98 Å². The van der Waals surface area contributed by atoms with Crippen LogP contribution in [0.25, 0.3) is 0 Å². The van der Waals surface area contributed by atoms with Crippen molar-refractivity contribution in [2.24, 2.45) is 17.8 Å². The smallest absolute Gasteiger partial charge is 0.308 e. The first kappa shape index (κ1) is 13.6. The van der Waals surface area contributed by atoms with Crippen molar-refractivity contribution in [2.45, 2.75) is 20.8 Å². The number of carboxylic acid groups (broad SMARTS) is 1. The fourth-order valence-electron chi connectivity index (χ4n) is 2.58. The Morgan fingerprint density at radius 3 is 2.58 bits per heavy atom. The summed E-state index contributed by atoms with van der Waals surface area (Å²) in [5.41, 5.74) is 0.532. The van der Waals surface area contributed by atoms with E-state index < -0.39 is 11.9 Å². The molecule has 1 aliphatic heterocycles. The zero-order valence-electron chi connectivity index (χ0n) is 11.3. The van der Waals surface area contributed by atoms with Crippen molar-refractivity contribution >= 4 is 11.9 Å². The normalized spacial score (nSPS) is 23.1. The number of aryl methyl sites for hydroxylation is 1. The number of amides is 1. The minimum absolute atomic E-state index is 0.0234. The van der Waals surface area contributed by atoms with Gasteiger partial charge in [-0.1, -0.05) is 13.8 Å². The average Bonchev–Trinajstić information content (AvgIpc) is 2.93. The topological polar surface area (TPSA) is 83.6 Å². The predicted octanol–water partition coefficient (Wildman–Crippen LogP) is 1.41. The lowest BCUT2D eigenvalue weighted by Gasteiger charge is -2.18. The van der Waals surface area contributed by atoms with E-state index >= 15 is 0 Å². The van der Waals surface area contributed by atoms with Gasteiger partial charge >= 0.3 is 5.97 Å². The molecular weight excluding hydrogens is 248 g/mol. The van der Waals surface area contributed by atoms with Crippen LogP contribution in [0.4, 0.5) is 0 Å². The summed E-state index contributed by atoms with van der Waals surface area (Å²) in [4.78, 5) is 29.0. The molecule has 6 heteroatoms. The molecule has 0 saturated carbocycles. The van der Waals surface area contributed by atoms with Gasteiger partial charge in [0.05, 0.1) is 11.6 Å². The summed E-state index contributed by atoms with van der Waals surface area (Å²) in [6.45, 7) is 6.34. The highest BCUT2D eigenvalue weighted by molar-refractivity contribution is 5.93. The number of likely N-dealkylation sites (tertiary alicyclic amines) is 1. The second-order valence-electron chi connectivity index (χ2n) is 5.33. The van der Waals surface area contributed by atoms with Crippen LogP contribution >= 0.6 is 0 Å². The van der Waals surface area contributed by atoms with Crippen LogP contribution < -0.4 is 0 Å². The summed E-state index contributed by atoms with van der Waals surface area (Å²) in [5, 5.41) is 9.24. The number of hydrogen-bond acceptors (Lipinski definition) is 4. The molecule has 0 bridgehead atoms. The van der Waals surface area contributed by atoms with E-state index in [4.69, 9.17) is 4.42 Å². The van der Waals surface area contributed by atoms with Crippen molar-refractivity contribution in [1.82, 2.24) is 9.88 Å². The van der Waals surface area contributed by atoms with Gasteiger partial charge in [-0.2, -0.15) is 0 Å². The molecule has 2 heterocycles. The first-order valence-corrected chi connectivity index (χ1v) is 6.34. The Hall–Kier alpha value is -1.85. The van der Waals surface area contributed by atoms with E-state index in [0.29, 0.717) is 12.2 Å². The first-order chi connectivity index (χ1) is 8.91. The third-order valence-corrected chi connectivity index (χ3v) is 3.77. The molecule has 19 heavy (non-hydrogen) atoms. The largest absolute Gasteiger partial charge is 0.481 e. The molecule has 0 aliphatic carbocycles. The van der Waals surface area contributed by atoms with E-state index in [2.05, 4.69) is 4.98 Å². The van der Waals surface area contributed by atoms with Crippen LogP contribution in [0.15, 0.2) is 10.8 Å². The second kappa shape index (κ2) is 5.03. The molecule has 0 unspecified atom stereocenters. The Morgan fingerprint density at radius 1 is 1.47 bits per heavy atom. The van der Waals surface area contributed by atoms with Crippen molar-refractivity contribution in [2.75, 3.05) is 13.1 Å². The fraction of sp³-hybridized carbons (Fsp3) is 0.615. The number of rotatable bonds is 3.